The van der Waals surface area contributed by atoms with E-state index < -0.39 is 0 Å². The molecule has 0 aliphatic heterocycles. The van der Waals surface area contributed by atoms with E-state index >= 15 is 0 Å². The number of nitrogens with one attached hydrogen (secondary N) is 1. The van der Waals surface area contributed by atoms with Crippen LogP contribution in [0.25, 0.3) is 0 Å². The number of hydrogen-bond acceptors (Lipinski definition) is 3. The molecule has 2 nitrogen and oxygen atoms in total. The van der Waals surface area contributed by atoms with E-state index in [4.69, 9.17) is 5.73 Å². The molecule has 82 valence electrons. The first-order valence-corrected chi connectivity index (χ1v) is 6.25. The van der Waals surface area contributed by atoms with Gasteiger partial charge in [-0.2, -0.15) is 0 Å². The summed E-state index contributed by atoms with van der Waals surface area (Å²) in [5, 5.41) is 3.48. The fourth-order valence-electron chi connectivity index (χ4n) is 1.92. The first kappa shape index (κ1) is 10.9. The molecule has 1 aromatic heterocycles. The van der Waals surface area contributed by atoms with E-state index in [0.717, 1.165) is 19.5 Å². The van der Waals surface area contributed by atoms with Gasteiger partial charge in [-0.1, -0.05) is 12.2 Å². The van der Waals surface area contributed by atoms with Crippen LogP contribution >= 0.6 is 11.3 Å². The van der Waals surface area contributed by atoms with Crippen LogP contribution in [0.3, 0.4) is 0 Å². The minimum Gasteiger partial charge on any atom is -0.324 e. The van der Waals surface area contributed by atoms with E-state index in [-0.39, 0.29) is 6.04 Å². The highest BCUT2D eigenvalue weighted by Crippen LogP contribution is 2.17. The third kappa shape index (κ3) is 3.16. The lowest BCUT2D eigenvalue weighted by Gasteiger charge is -2.09. The van der Waals surface area contributed by atoms with Gasteiger partial charge in [-0.25, -0.2) is 0 Å². The fourth-order valence-corrected chi connectivity index (χ4v) is 2.78. The molecule has 0 spiro atoms. The topological polar surface area (TPSA) is 38.0 Å². The predicted octanol–water partition coefficient (Wildman–Crippen LogP) is 2.05. The zero-order chi connectivity index (χ0) is 10.7. The van der Waals surface area contributed by atoms with Crippen molar-refractivity contribution >= 4 is 11.3 Å². The van der Waals surface area contributed by atoms with Crippen molar-refractivity contribution in [2.75, 3.05) is 6.54 Å². The van der Waals surface area contributed by atoms with Gasteiger partial charge in [-0.15, -0.1) is 11.3 Å². The van der Waals surface area contributed by atoms with Gasteiger partial charge in [0.1, 0.15) is 0 Å². The second-order valence-corrected chi connectivity index (χ2v) is 5.56. The Balaban J connectivity index is 1.69. The molecular formula is C12H18N2S. The maximum absolute atomic E-state index is 5.80. The second kappa shape index (κ2) is 4.92. The number of hydrogen-bond donors (Lipinski definition) is 2. The van der Waals surface area contributed by atoms with Crippen LogP contribution < -0.4 is 11.1 Å². The minimum absolute atomic E-state index is 0.279. The van der Waals surface area contributed by atoms with Crippen molar-refractivity contribution in [3.63, 3.8) is 0 Å². The molecule has 2 unspecified atom stereocenters. The molecule has 0 amide bonds. The highest BCUT2D eigenvalue weighted by molar-refractivity contribution is 7.11. The third-order valence-corrected chi connectivity index (χ3v) is 3.71. The van der Waals surface area contributed by atoms with Crippen LogP contribution in [-0.4, -0.2) is 12.6 Å². The van der Waals surface area contributed by atoms with Crippen LogP contribution in [0.2, 0.25) is 0 Å². The molecule has 3 N–H and O–H groups in total. The maximum atomic E-state index is 5.80. The van der Waals surface area contributed by atoms with Gasteiger partial charge in [-0.3, -0.25) is 0 Å². The van der Waals surface area contributed by atoms with E-state index in [0.29, 0.717) is 5.92 Å². The number of rotatable bonds is 4. The molecular weight excluding hydrogens is 204 g/mol. The lowest BCUT2D eigenvalue weighted by Crippen LogP contribution is -2.23. The predicted molar refractivity (Wildman–Crippen MR) is 66.0 cm³/mol. The van der Waals surface area contributed by atoms with Crippen molar-refractivity contribution in [2.45, 2.75) is 25.9 Å². The normalized spacial score (nSPS) is 24.9. The van der Waals surface area contributed by atoms with E-state index in [1.165, 1.54) is 9.75 Å². The molecule has 0 radical (unpaired) electrons. The molecule has 0 saturated heterocycles. The average Bonchev–Trinajstić information content (AvgIpc) is 2.76. The summed E-state index contributed by atoms with van der Waals surface area (Å²) < 4.78 is 0. The average molecular weight is 222 g/mol. The largest absolute Gasteiger partial charge is 0.324 e. The summed E-state index contributed by atoms with van der Waals surface area (Å²) in [5.74, 6) is 0.626. The van der Waals surface area contributed by atoms with Crippen LogP contribution in [0, 0.1) is 12.8 Å². The zero-order valence-electron chi connectivity index (χ0n) is 9.07. The summed E-state index contributed by atoms with van der Waals surface area (Å²) in [6.07, 6.45) is 5.44. The van der Waals surface area contributed by atoms with E-state index in [1.54, 1.807) is 0 Å². The maximum Gasteiger partial charge on any atom is 0.0300 e. The summed E-state index contributed by atoms with van der Waals surface area (Å²) in [4.78, 5) is 2.80. The Labute approximate surface area is 95.2 Å². The van der Waals surface area contributed by atoms with Crippen molar-refractivity contribution in [3.05, 3.63) is 34.0 Å². The Kier molecular flexibility index (Phi) is 3.57. The number of aryl methyl sites for hydroxylation is 1. The van der Waals surface area contributed by atoms with Crippen molar-refractivity contribution < 1.29 is 0 Å². The first-order valence-electron chi connectivity index (χ1n) is 5.44. The number of thiophene rings is 1. The molecule has 3 heteroatoms. The van der Waals surface area contributed by atoms with Gasteiger partial charge in [-0.05, 0) is 31.4 Å². The van der Waals surface area contributed by atoms with Crippen molar-refractivity contribution in [1.82, 2.24) is 5.32 Å². The highest BCUT2D eigenvalue weighted by atomic mass is 32.1. The quantitative estimate of drug-likeness (QED) is 0.765. The highest BCUT2D eigenvalue weighted by Gasteiger charge is 2.14. The summed E-state index contributed by atoms with van der Waals surface area (Å²) in [7, 11) is 0. The monoisotopic (exact) mass is 222 g/mol. The van der Waals surface area contributed by atoms with Crippen LogP contribution in [0.4, 0.5) is 0 Å². The minimum atomic E-state index is 0.279. The molecule has 0 aromatic carbocycles. The first-order chi connectivity index (χ1) is 7.24. The Hall–Kier alpha value is -0.640. The van der Waals surface area contributed by atoms with E-state index in [2.05, 4.69) is 36.5 Å². The van der Waals surface area contributed by atoms with Crippen molar-refractivity contribution in [2.24, 2.45) is 11.7 Å². The summed E-state index contributed by atoms with van der Waals surface area (Å²) in [6.45, 7) is 4.17. The van der Waals surface area contributed by atoms with Gasteiger partial charge < -0.3 is 11.1 Å². The molecule has 1 heterocycles. The third-order valence-electron chi connectivity index (χ3n) is 2.71. The molecule has 1 aromatic rings. The molecule has 0 saturated carbocycles. The summed E-state index contributed by atoms with van der Waals surface area (Å²) in [6, 6.07) is 4.65. The SMILES string of the molecule is Cc1ccc(CNCC2C=CC(N)C2)s1. The fraction of sp³-hybridized carbons (Fsp3) is 0.500. The molecule has 0 fully saturated rings. The summed E-state index contributed by atoms with van der Waals surface area (Å²) in [5.41, 5.74) is 5.80. The van der Waals surface area contributed by atoms with Crippen LogP contribution in [0.1, 0.15) is 16.2 Å². The molecule has 15 heavy (non-hydrogen) atoms. The van der Waals surface area contributed by atoms with Gasteiger partial charge in [0, 0.05) is 28.9 Å². The summed E-state index contributed by atoms with van der Waals surface area (Å²) >= 11 is 1.87. The van der Waals surface area contributed by atoms with Gasteiger partial charge in [0.15, 0.2) is 0 Å². The Morgan fingerprint density at radius 2 is 2.33 bits per heavy atom. The molecule has 0 bridgehead atoms. The lowest BCUT2D eigenvalue weighted by atomic mass is 10.1. The lowest BCUT2D eigenvalue weighted by molar-refractivity contribution is 0.529. The van der Waals surface area contributed by atoms with Gasteiger partial charge in [0.05, 0.1) is 0 Å². The number of nitrogens with two attached hydrogens (primary N) is 1. The Morgan fingerprint density at radius 1 is 1.47 bits per heavy atom. The Morgan fingerprint density at radius 3 is 2.93 bits per heavy atom. The van der Waals surface area contributed by atoms with Crippen LogP contribution in [-0.2, 0) is 6.54 Å². The van der Waals surface area contributed by atoms with Gasteiger partial charge in [0.25, 0.3) is 0 Å². The van der Waals surface area contributed by atoms with Crippen LogP contribution in [0.15, 0.2) is 24.3 Å². The van der Waals surface area contributed by atoms with Crippen LogP contribution in [0.5, 0.6) is 0 Å². The smallest absolute Gasteiger partial charge is 0.0300 e. The Bertz CT molecular complexity index is 343. The second-order valence-electron chi connectivity index (χ2n) is 4.19. The molecule has 1 aliphatic rings. The van der Waals surface area contributed by atoms with Gasteiger partial charge in [0.2, 0.25) is 0 Å². The van der Waals surface area contributed by atoms with Crippen molar-refractivity contribution in [1.29, 1.82) is 0 Å². The molecule has 2 atom stereocenters. The molecule has 2 rings (SSSR count). The standard InChI is InChI=1S/C12H18N2S/c1-9-2-5-12(15-9)8-14-7-10-3-4-11(13)6-10/h2-5,10-11,14H,6-8,13H2,1H3. The van der Waals surface area contributed by atoms with E-state index in [1.807, 2.05) is 11.3 Å². The van der Waals surface area contributed by atoms with Crippen molar-refractivity contribution in [3.8, 4) is 0 Å². The zero-order valence-corrected chi connectivity index (χ0v) is 9.89. The molecule has 1 aliphatic carbocycles. The van der Waals surface area contributed by atoms with Gasteiger partial charge >= 0.3 is 0 Å². The van der Waals surface area contributed by atoms with E-state index in [9.17, 15) is 0 Å².